The van der Waals surface area contributed by atoms with Gasteiger partial charge < -0.3 is 4.90 Å². The largest absolute Gasteiger partial charge is 0.417 e. The topological polar surface area (TPSA) is 56.8 Å². The predicted octanol–water partition coefficient (Wildman–Crippen LogP) is 2.36. The Morgan fingerprint density at radius 2 is 1.57 bits per heavy atom. The molecular weight excluding hydrogens is 373 g/mol. The molecule has 1 aromatic rings. The maximum Gasteiger partial charge on any atom is 0.417 e. The summed E-state index contributed by atoms with van der Waals surface area (Å²) in [6.45, 7) is 2.71. The minimum atomic E-state index is -4.39. The van der Waals surface area contributed by atoms with Crippen LogP contribution in [0.5, 0.6) is 0 Å². The van der Waals surface area contributed by atoms with Gasteiger partial charge in [0.25, 0.3) is 0 Å². The van der Waals surface area contributed by atoms with Crippen LogP contribution in [0.2, 0.25) is 0 Å². The maximum atomic E-state index is 12.7. The number of aromatic nitrogens is 1. The molecule has 0 bridgehead atoms. The van der Waals surface area contributed by atoms with Crippen LogP contribution < -0.4 is 4.90 Å². The normalized spacial score (nSPS) is 26.7. The van der Waals surface area contributed by atoms with E-state index in [9.17, 15) is 22.8 Å². The number of likely N-dealkylation sites (tertiary alicyclic amines) is 1. The third-order valence-electron chi connectivity index (χ3n) is 6.05. The Kier molecular flexibility index (Phi) is 5.03. The third kappa shape index (κ3) is 3.59. The first-order valence-electron chi connectivity index (χ1n) is 9.70. The molecule has 4 rings (SSSR count). The average molecular weight is 396 g/mol. The highest BCUT2D eigenvalue weighted by atomic mass is 19.4. The maximum absolute atomic E-state index is 12.7. The van der Waals surface area contributed by atoms with Crippen LogP contribution >= 0.6 is 0 Å². The Bertz CT molecular complexity index is 721. The van der Waals surface area contributed by atoms with Crippen molar-refractivity contribution in [2.75, 3.05) is 37.7 Å². The number of fused-ring (bicyclic) bond motifs is 1. The van der Waals surface area contributed by atoms with E-state index in [1.54, 1.807) is 0 Å². The quantitative estimate of drug-likeness (QED) is 0.735. The van der Waals surface area contributed by atoms with Crippen molar-refractivity contribution < 1.29 is 22.8 Å². The van der Waals surface area contributed by atoms with Crippen molar-refractivity contribution in [1.29, 1.82) is 0 Å². The first kappa shape index (κ1) is 19.2. The highest BCUT2D eigenvalue weighted by molar-refractivity contribution is 6.05. The molecule has 28 heavy (non-hydrogen) atoms. The Balaban J connectivity index is 1.33. The SMILES string of the molecule is O=C1[C@@H]2CCCC[C@H]2C(=O)N1CN1CCN(c2ccc(C(F)(F)F)cn2)CC1. The summed E-state index contributed by atoms with van der Waals surface area (Å²) < 4.78 is 38.0. The fraction of sp³-hybridized carbons (Fsp3) is 0.632. The van der Waals surface area contributed by atoms with Gasteiger partial charge in [0, 0.05) is 32.4 Å². The van der Waals surface area contributed by atoms with Gasteiger partial charge >= 0.3 is 6.18 Å². The minimum absolute atomic E-state index is 0.0402. The molecule has 2 atom stereocenters. The van der Waals surface area contributed by atoms with Gasteiger partial charge in [-0.2, -0.15) is 13.2 Å². The first-order chi connectivity index (χ1) is 13.3. The molecule has 0 aromatic carbocycles. The van der Waals surface area contributed by atoms with Crippen molar-refractivity contribution in [2.24, 2.45) is 11.8 Å². The van der Waals surface area contributed by atoms with E-state index < -0.39 is 11.7 Å². The summed E-state index contributed by atoms with van der Waals surface area (Å²) in [6, 6.07) is 2.43. The van der Waals surface area contributed by atoms with Gasteiger partial charge in [-0.1, -0.05) is 12.8 Å². The molecule has 2 saturated heterocycles. The summed E-state index contributed by atoms with van der Waals surface area (Å²) in [7, 11) is 0. The van der Waals surface area contributed by atoms with Gasteiger partial charge in [-0.15, -0.1) is 0 Å². The lowest BCUT2D eigenvalue weighted by Gasteiger charge is -2.36. The number of rotatable bonds is 3. The summed E-state index contributed by atoms with van der Waals surface area (Å²) in [6.07, 6.45) is 0.0824. The lowest BCUT2D eigenvalue weighted by molar-refractivity contribution is -0.142. The number of halogens is 3. The second kappa shape index (κ2) is 7.35. The van der Waals surface area contributed by atoms with Gasteiger partial charge in [-0.25, -0.2) is 4.98 Å². The molecule has 3 heterocycles. The molecule has 0 N–H and O–H groups in total. The molecule has 152 valence electrons. The molecule has 0 unspecified atom stereocenters. The molecule has 1 aromatic heterocycles. The van der Waals surface area contributed by atoms with Crippen molar-refractivity contribution in [3.05, 3.63) is 23.9 Å². The minimum Gasteiger partial charge on any atom is -0.354 e. The van der Waals surface area contributed by atoms with E-state index in [-0.39, 0.29) is 23.7 Å². The van der Waals surface area contributed by atoms with E-state index in [4.69, 9.17) is 0 Å². The van der Waals surface area contributed by atoms with Crippen LogP contribution in [0.4, 0.5) is 19.0 Å². The van der Waals surface area contributed by atoms with Crippen LogP contribution in [0.3, 0.4) is 0 Å². The van der Waals surface area contributed by atoms with E-state index in [1.807, 2.05) is 9.80 Å². The number of carbonyl (C=O) groups excluding carboxylic acids is 2. The standard InChI is InChI=1S/C19H23F3N4O2/c20-19(21,22)13-5-6-16(23-11-13)25-9-7-24(8-10-25)12-26-17(27)14-3-1-2-4-15(14)18(26)28/h5-6,11,14-15H,1-4,7-10,12H2/t14-,15-/m1/s1. The lowest BCUT2D eigenvalue weighted by Crippen LogP contribution is -2.51. The molecule has 9 heteroatoms. The molecule has 3 fully saturated rings. The van der Waals surface area contributed by atoms with E-state index in [1.165, 1.54) is 11.0 Å². The number of piperazine rings is 1. The van der Waals surface area contributed by atoms with Crippen LogP contribution in [0.15, 0.2) is 18.3 Å². The lowest BCUT2D eigenvalue weighted by atomic mass is 9.81. The number of pyridine rings is 1. The number of amides is 2. The van der Waals surface area contributed by atoms with Gasteiger partial charge in [-0.3, -0.25) is 19.4 Å². The molecule has 6 nitrogen and oxygen atoms in total. The number of imide groups is 1. The highest BCUT2D eigenvalue weighted by Gasteiger charge is 2.48. The summed E-state index contributed by atoms with van der Waals surface area (Å²) in [5.41, 5.74) is -0.762. The van der Waals surface area contributed by atoms with Crippen LogP contribution in [0.25, 0.3) is 0 Å². The zero-order chi connectivity index (χ0) is 19.9. The average Bonchev–Trinajstić information content (AvgIpc) is 2.93. The zero-order valence-electron chi connectivity index (χ0n) is 15.5. The van der Waals surface area contributed by atoms with Gasteiger partial charge in [-0.05, 0) is 25.0 Å². The molecule has 0 radical (unpaired) electrons. The summed E-state index contributed by atoms with van der Waals surface area (Å²) in [4.78, 5) is 34.5. The molecular formula is C19H23F3N4O2. The molecule has 2 aliphatic heterocycles. The van der Waals surface area contributed by atoms with Crippen molar-refractivity contribution in [3.63, 3.8) is 0 Å². The smallest absolute Gasteiger partial charge is 0.354 e. The van der Waals surface area contributed by atoms with E-state index >= 15 is 0 Å². The van der Waals surface area contributed by atoms with E-state index in [0.717, 1.165) is 37.9 Å². The molecule has 2 amide bonds. The van der Waals surface area contributed by atoms with Crippen LogP contribution in [-0.4, -0.2) is 59.4 Å². The van der Waals surface area contributed by atoms with Crippen LogP contribution in [0, 0.1) is 11.8 Å². The van der Waals surface area contributed by atoms with E-state index in [0.29, 0.717) is 38.7 Å². The molecule has 1 aliphatic carbocycles. The predicted molar refractivity (Wildman–Crippen MR) is 95.2 cm³/mol. The van der Waals surface area contributed by atoms with Crippen LogP contribution in [0.1, 0.15) is 31.2 Å². The third-order valence-corrected chi connectivity index (χ3v) is 6.05. The summed E-state index contributed by atoms with van der Waals surface area (Å²) in [5.74, 6) is 0.146. The van der Waals surface area contributed by atoms with E-state index in [2.05, 4.69) is 4.98 Å². The number of anilines is 1. The monoisotopic (exact) mass is 396 g/mol. The fourth-order valence-corrected chi connectivity index (χ4v) is 4.43. The highest BCUT2D eigenvalue weighted by Crippen LogP contribution is 2.38. The summed E-state index contributed by atoms with van der Waals surface area (Å²) >= 11 is 0. The Morgan fingerprint density at radius 1 is 0.964 bits per heavy atom. The van der Waals surface area contributed by atoms with Gasteiger partial charge in [0.1, 0.15) is 5.82 Å². The Hall–Kier alpha value is -2.16. The molecule has 1 saturated carbocycles. The molecule has 3 aliphatic rings. The number of carbonyl (C=O) groups is 2. The van der Waals surface area contributed by atoms with Gasteiger partial charge in [0.15, 0.2) is 0 Å². The zero-order valence-corrected chi connectivity index (χ0v) is 15.5. The number of hydrogen-bond acceptors (Lipinski definition) is 5. The summed E-state index contributed by atoms with van der Waals surface area (Å²) in [5, 5.41) is 0. The van der Waals surface area contributed by atoms with Crippen molar-refractivity contribution >= 4 is 17.6 Å². The number of alkyl halides is 3. The second-order valence-electron chi connectivity index (χ2n) is 7.75. The number of nitrogens with zero attached hydrogens (tertiary/aromatic N) is 4. The Morgan fingerprint density at radius 3 is 2.07 bits per heavy atom. The number of hydrogen-bond donors (Lipinski definition) is 0. The van der Waals surface area contributed by atoms with Crippen LogP contribution in [-0.2, 0) is 15.8 Å². The second-order valence-corrected chi connectivity index (χ2v) is 7.75. The fourth-order valence-electron chi connectivity index (χ4n) is 4.43. The van der Waals surface area contributed by atoms with Gasteiger partial charge in [0.2, 0.25) is 11.8 Å². The van der Waals surface area contributed by atoms with Crippen molar-refractivity contribution in [2.45, 2.75) is 31.9 Å². The van der Waals surface area contributed by atoms with Crippen molar-refractivity contribution in [1.82, 2.24) is 14.8 Å². The first-order valence-corrected chi connectivity index (χ1v) is 9.70. The molecule has 0 spiro atoms. The van der Waals surface area contributed by atoms with Crippen molar-refractivity contribution in [3.8, 4) is 0 Å². The van der Waals surface area contributed by atoms with Gasteiger partial charge in [0.05, 0.1) is 24.1 Å². The Labute approximate surface area is 161 Å².